The van der Waals surface area contributed by atoms with Crippen molar-refractivity contribution in [3.8, 4) is 0 Å². The Hall–Kier alpha value is -0.240. The van der Waals surface area contributed by atoms with Crippen LogP contribution in [0.1, 0.15) is 96.8 Å². The number of carbonyl (C=O) groups excluding carboxylic acids is 1. The number of aliphatic hydroxyl groups is 1. The van der Waals surface area contributed by atoms with Gasteiger partial charge >= 0.3 is 7.82 Å². The fourth-order valence-electron chi connectivity index (χ4n) is 3.43. The van der Waals surface area contributed by atoms with E-state index in [4.69, 9.17) is 13.6 Å². The number of phosphoric ester groups is 1. The Balaban J connectivity index is 3.99. The standard InChI is InChI=1S/C24H47BrNO6P/c1-4-6-7-8-9-10-11-12-13-14-15-16-17-18-24(28)26-22(23(27)5-2)21-32-33(29,30-3)31-20-19-25/h5,22-23,27H,2,4,6-21H2,1,3H3,(H,26,28)/t22-,23+,33?/m0/s1. The molecule has 1 unspecified atom stereocenters. The summed E-state index contributed by atoms with van der Waals surface area (Å²) in [4.78, 5) is 12.3. The van der Waals surface area contributed by atoms with Crippen LogP contribution in [-0.2, 0) is 22.9 Å². The van der Waals surface area contributed by atoms with Crippen molar-refractivity contribution in [3.63, 3.8) is 0 Å². The lowest BCUT2D eigenvalue weighted by Gasteiger charge is -2.24. The summed E-state index contributed by atoms with van der Waals surface area (Å²) in [5.41, 5.74) is 0. The average Bonchev–Trinajstić information content (AvgIpc) is 2.82. The van der Waals surface area contributed by atoms with E-state index in [1.807, 2.05) is 0 Å². The maximum atomic E-state index is 12.3. The Labute approximate surface area is 210 Å². The highest BCUT2D eigenvalue weighted by Crippen LogP contribution is 2.48. The van der Waals surface area contributed by atoms with Crippen LogP contribution in [0.4, 0.5) is 0 Å². The Morgan fingerprint density at radius 2 is 1.52 bits per heavy atom. The fraction of sp³-hybridized carbons (Fsp3) is 0.875. The van der Waals surface area contributed by atoms with Crippen molar-refractivity contribution in [2.24, 2.45) is 0 Å². The lowest BCUT2D eigenvalue weighted by molar-refractivity contribution is -0.123. The third kappa shape index (κ3) is 18.7. The minimum absolute atomic E-state index is 0.144. The normalized spacial score (nSPS) is 15.0. The number of hydrogen-bond acceptors (Lipinski definition) is 6. The maximum Gasteiger partial charge on any atom is 0.474 e. The second-order valence-electron chi connectivity index (χ2n) is 8.34. The highest BCUT2D eigenvalue weighted by Gasteiger charge is 2.28. The van der Waals surface area contributed by atoms with E-state index in [0.29, 0.717) is 11.8 Å². The summed E-state index contributed by atoms with van der Waals surface area (Å²) in [6.07, 6.45) is 16.8. The van der Waals surface area contributed by atoms with E-state index in [1.165, 1.54) is 77.4 Å². The first-order valence-electron chi connectivity index (χ1n) is 12.5. The molecule has 0 aliphatic rings. The number of phosphoric acid groups is 1. The molecule has 0 aliphatic heterocycles. The molecule has 0 rings (SSSR count). The summed E-state index contributed by atoms with van der Waals surface area (Å²) in [5, 5.41) is 13.3. The number of unbranched alkanes of at least 4 members (excludes halogenated alkanes) is 12. The summed E-state index contributed by atoms with van der Waals surface area (Å²) < 4.78 is 27.5. The summed E-state index contributed by atoms with van der Waals surface area (Å²) in [7, 11) is -2.52. The molecule has 0 aromatic rings. The Morgan fingerprint density at radius 3 is 1.97 bits per heavy atom. The van der Waals surface area contributed by atoms with Gasteiger partial charge in [0, 0.05) is 18.9 Å². The van der Waals surface area contributed by atoms with E-state index in [2.05, 4.69) is 34.7 Å². The highest BCUT2D eigenvalue weighted by molar-refractivity contribution is 9.09. The molecular formula is C24H47BrNO6P. The lowest BCUT2D eigenvalue weighted by atomic mass is 10.0. The van der Waals surface area contributed by atoms with Crippen molar-refractivity contribution < 1.29 is 28.0 Å². The minimum Gasteiger partial charge on any atom is -0.387 e. The Bertz CT molecular complexity index is 537. The smallest absolute Gasteiger partial charge is 0.387 e. The number of halogens is 1. The minimum atomic E-state index is -3.74. The molecule has 0 fully saturated rings. The van der Waals surface area contributed by atoms with Gasteiger partial charge in [-0.25, -0.2) is 4.57 Å². The SMILES string of the molecule is C=C[C@@H](O)[C@H](COP(=O)(OC)OCCBr)NC(=O)CCCCCCCCCCCCCCC. The quantitative estimate of drug-likeness (QED) is 0.0596. The second-order valence-corrected chi connectivity index (χ2v) is 10.9. The molecule has 196 valence electrons. The van der Waals surface area contributed by atoms with Gasteiger partial charge in [0.25, 0.3) is 0 Å². The summed E-state index contributed by atoms with van der Waals surface area (Å²) in [5.74, 6) is -0.179. The first kappa shape index (κ1) is 32.8. The molecule has 1 amide bonds. The molecule has 3 atom stereocenters. The molecular weight excluding hydrogens is 509 g/mol. The third-order valence-electron chi connectivity index (χ3n) is 5.47. The zero-order valence-electron chi connectivity index (χ0n) is 20.8. The molecule has 0 radical (unpaired) electrons. The zero-order valence-corrected chi connectivity index (χ0v) is 23.3. The number of alkyl halides is 1. The van der Waals surface area contributed by atoms with Gasteiger partial charge in [-0.2, -0.15) is 0 Å². The average molecular weight is 557 g/mol. The Morgan fingerprint density at radius 1 is 1.00 bits per heavy atom. The first-order chi connectivity index (χ1) is 15.9. The number of rotatable bonds is 24. The summed E-state index contributed by atoms with van der Waals surface area (Å²) >= 11 is 3.17. The van der Waals surface area contributed by atoms with Crippen LogP contribution in [0.15, 0.2) is 12.7 Å². The van der Waals surface area contributed by atoms with E-state index in [0.717, 1.165) is 19.3 Å². The van der Waals surface area contributed by atoms with Crippen molar-refractivity contribution in [1.82, 2.24) is 5.32 Å². The van der Waals surface area contributed by atoms with Crippen LogP contribution >= 0.6 is 23.8 Å². The van der Waals surface area contributed by atoms with Gasteiger partial charge in [-0.05, 0) is 6.42 Å². The highest BCUT2D eigenvalue weighted by atomic mass is 79.9. The van der Waals surface area contributed by atoms with Crippen molar-refractivity contribution >= 4 is 29.7 Å². The fourth-order valence-corrected chi connectivity index (χ4v) is 4.79. The molecule has 0 saturated carbocycles. The lowest BCUT2D eigenvalue weighted by Crippen LogP contribution is -2.45. The molecule has 0 aromatic heterocycles. The number of hydrogen-bond donors (Lipinski definition) is 2. The van der Waals surface area contributed by atoms with E-state index in [9.17, 15) is 14.5 Å². The number of carbonyl (C=O) groups is 1. The molecule has 0 aliphatic carbocycles. The predicted octanol–water partition coefficient (Wildman–Crippen LogP) is 6.68. The molecule has 0 heterocycles. The molecule has 9 heteroatoms. The molecule has 0 spiro atoms. The number of nitrogens with one attached hydrogen (secondary N) is 1. The summed E-state index contributed by atoms with van der Waals surface area (Å²) in [6, 6.07) is -0.784. The molecule has 33 heavy (non-hydrogen) atoms. The van der Waals surface area contributed by atoms with Crippen molar-refractivity contribution in [3.05, 3.63) is 12.7 Å². The predicted molar refractivity (Wildman–Crippen MR) is 139 cm³/mol. The molecule has 0 bridgehead atoms. The van der Waals surface area contributed by atoms with E-state index >= 15 is 0 Å². The molecule has 7 nitrogen and oxygen atoms in total. The van der Waals surface area contributed by atoms with E-state index in [-0.39, 0.29) is 19.1 Å². The second kappa shape index (κ2) is 22.2. The third-order valence-corrected chi connectivity index (χ3v) is 7.20. The largest absolute Gasteiger partial charge is 0.474 e. The van der Waals surface area contributed by atoms with Crippen LogP contribution < -0.4 is 5.32 Å². The number of amides is 1. The van der Waals surface area contributed by atoms with Gasteiger partial charge in [0.2, 0.25) is 5.91 Å². The molecule has 2 N–H and O–H groups in total. The van der Waals surface area contributed by atoms with Gasteiger partial charge in [0.15, 0.2) is 0 Å². The van der Waals surface area contributed by atoms with E-state index < -0.39 is 20.0 Å². The number of aliphatic hydroxyl groups excluding tert-OH is 1. The molecule has 0 aromatic carbocycles. The van der Waals surface area contributed by atoms with Gasteiger partial charge in [-0.3, -0.25) is 18.4 Å². The topological polar surface area (TPSA) is 94.1 Å². The van der Waals surface area contributed by atoms with Gasteiger partial charge in [-0.15, -0.1) is 6.58 Å². The van der Waals surface area contributed by atoms with Gasteiger partial charge < -0.3 is 10.4 Å². The van der Waals surface area contributed by atoms with Crippen LogP contribution in [-0.4, -0.2) is 48.8 Å². The monoisotopic (exact) mass is 555 g/mol. The maximum absolute atomic E-state index is 12.3. The first-order valence-corrected chi connectivity index (χ1v) is 15.1. The van der Waals surface area contributed by atoms with Crippen LogP contribution in [0.3, 0.4) is 0 Å². The Kier molecular flexibility index (Phi) is 22.1. The van der Waals surface area contributed by atoms with Crippen LogP contribution in [0.25, 0.3) is 0 Å². The molecule has 0 saturated heterocycles. The van der Waals surface area contributed by atoms with Gasteiger partial charge in [0.1, 0.15) is 0 Å². The van der Waals surface area contributed by atoms with Crippen LogP contribution in [0.5, 0.6) is 0 Å². The zero-order chi connectivity index (χ0) is 24.8. The van der Waals surface area contributed by atoms with Gasteiger partial charge in [0.05, 0.1) is 25.4 Å². The van der Waals surface area contributed by atoms with E-state index in [1.54, 1.807) is 0 Å². The van der Waals surface area contributed by atoms with Crippen molar-refractivity contribution in [1.29, 1.82) is 0 Å². The summed E-state index contributed by atoms with van der Waals surface area (Å²) in [6.45, 7) is 5.72. The van der Waals surface area contributed by atoms with Crippen molar-refractivity contribution in [2.45, 2.75) is 109 Å². The van der Waals surface area contributed by atoms with Crippen LogP contribution in [0, 0.1) is 0 Å². The van der Waals surface area contributed by atoms with Crippen molar-refractivity contribution in [2.75, 3.05) is 25.7 Å². The van der Waals surface area contributed by atoms with Crippen LogP contribution in [0.2, 0.25) is 0 Å². The van der Waals surface area contributed by atoms with Gasteiger partial charge in [-0.1, -0.05) is 106 Å².